The van der Waals surface area contributed by atoms with Gasteiger partial charge in [0.25, 0.3) is 0 Å². The summed E-state index contributed by atoms with van der Waals surface area (Å²) in [5, 5.41) is 4.03. The molecule has 2 aliphatic rings. The van der Waals surface area contributed by atoms with E-state index < -0.39 is 15.8 Å². The summed E-state index contributed by atoms with van der Waals surface area (Å²) in [4.78, 5) is 11.0. The van der Waals surface area contributed by atoms with Crippen molar-refractivity contribution in [1.82, 2.24) is 19.4 Å². The van der Waals surface area contributed by atoms with Crippen LogP contribution in [0.4, 0.5) is 10.2 Å². The van der Waals surface area contributed by atoms with Gasteiger partial charge in [0.2, 0.25) is 21.7 Å². The van der Waals surface area contributed by atoms with E-state index in [-0.39, 0.29) is 5.75 Å². The van der Waals surface area contributed by atoms with Crippen LogP contribution in [-0.2, 0) is 15.8 Å². The second kappa shape index (κ2) is 8.01. The molecule has 0 bridgehead atoms. The molecule has 162 valence electrons. The van der Waals surface area contributed by atoms with Crippen LogP contribution in [0.3, 0.4) is 0 Å². The number of hydrogen-bond donors (Lipinski definition) is 0. The van der Waals surface area contributed by atoms with Gasteiger partial charge in [-0.05, 0) is 42.7 Å². The molecule has 1 aliphatic carbocycles. The molecule has 1 aliphatic heterocycles. The molecule has 0 N–H and O–H groups in total. The van der Waals surface area contributed by atoms with Crippen molar-refractivity contribution in [3.05, 3.63) is 59.9 Å². The Balaban J connectivity index is 1.20. The smallest absolute Gasteiger partial charge is 0.230 e. The lowest BCUT2D eigenvalue weighted by Gasteiger charge is -2.34. The van der Waals surface area contributed by atoms with E-state index in [2.05, 4.69) is 15.1 Å². The van der Waals surface area contributed by atoms with Gasteiger partial charge < -0.3 is 9.42 Å². The topological polar surface area (TPSA) is 92.4 Å². The molecule has 5 rings (SSSR count). The summed E-state index contributed by atoms with van der Waals surface area (Å²) in [6.45, 7) is 1.78. The number of hydrogen-bond acceptors (Lipinski definition) is 7. The predicted molar refractivity (Wildman–Crippen MR) is 112 cm³/mol. The molecule has 0 atom stereocenters. The monoisotopic (exact) mass is 443 g/mol. The van der Waals surface area contributed by atoms with E-state index in [0.717, 1.165) is 24.2 Å². The first-order valence-corrected chi connectivity index (χ1v) is 11.9. The van der Waals surface area contributed by atoms with Gasteiger partial charge in [-0.15, -0.1) is 0 Å². The van der Waals surface area contributed by atoms with E-state index in [1.165, 1.54) is 22.5 Å². The summed E-state index contributed by atoms with van der Waals surface area (Å²) in [5.74, 6) is 1.77. The average molecular weight is 444 g/mol. The lowest BCUT2D eigenvalue weighted by molar-refractivity contribution is 0.380. The Morgan fingerprint density at radius 2 is 1.90 bits per heavy atom. The van der Waals surface area contributed by atoms with E-state index in [9.17, 15) is 12.8 Å². The summed E-state index contributed by atoms with van der Waals surface area (Å²) in [6.07, 6.45) is 3.91. The number of aromatic nitrogens is 3. The zero-order valence-corrected chi connectivity index (χ0v) is 17.6. The number of halogens is 1. The van der Waals surface area contributed by atoms with Gasteiger partial charge in [-0.1, -0.05) is 17.3 Å². The van der Waals surface area contributed by atoms with Gasteiger partial charge in [0.1, 0.15) is 11.6 Å². The maximum absolute atomic E-state index is 13.4. The van der Waals surface area contributed by atoms with E-state index >= 15 is 0 Å². The largest absolute Gasteiger partial charge is 0.354 e. The predicted octanol–water partition coefficient (Wildman–Crippen LogP) is 2.80. The highest BCUT2D eigenvalue weighted by molar-refractivity contribution is 7.88. The summed E-state index contributed by atoms with van der Waals surface area (Å²) in [7, 11) is -3.51. The normalized spacial score (nSPS) is 17.8. The van der Waals surface area contributed by atoms with Gasteiger partial charge in [-0.25, -0.2) is 17.8 Å². The maximum Gasteiger partial charge on any atom is 0.230 e. The Hall–Kier alpha value is -2.85. The van der Waals surface area contributed by atoms with E-state index in [1.807, 2.05) is 17.0 Å². The second-order valence-electron chi connectivity index (χ2n) is 7.91. The average Bonchev–Trinajstić information content (AvgIpc) is 3.50. The van der Waals surface area contributed by atoms with Gasteiger partial charge in [0.15, 0.2) is 0 Å². The molecule has 2 fully saturated rings. The van der Waals surface area contributed by atoms with E-state index in [4.69, 9.17) is 4.52 Å². The third-order valence-electron chi connectivity index (χ3n) is 5.57. The number of sulfonamides is 1. The number of nitrogens with zero attached hydrogens (tertiary/aromatic N) is 5. The molecule has 31 heavy (non-hydrogen) atoms. The van der Waals surface area contributed by atoms with Gasteiger partial charge in [0, 0.05) is 43.9 Å². The SMILES string of the molecule is O=S(=O)(Cc1cccc(F)c1)N1CCN(c2ccc(-c3noc(C4CC4)n3)cn2)CC1. The molecule has 3 aromatic rings. The van der Waals surface area contributed by atoms with Crippen molar-refractivity contribution in [2.24, 2.45) is 0 Å². The van der Waals surface area contributed by atoms with Gasteiger partial charge in [-0.2, -0.15) is 9.29 Å². The fraction of sp³-hybridized carbons (Fsp3) is 0.381. The van der Waals surface area contributed by atoms with Crippen molar-refractivity contribution in [3.63, 3.8) is 0 Å². The van der Waals surface area contributed by atoms with Crippen LogP contribution >= 0.6 is 0 Å². The van der Waals surface area contributed by atoms with Crippen molar-refractivity contribution < 1.29 is 17.3 Å². The van der Waals surface area contributed by atoms with Crippen molar-refractivity contribution >= 4 is 15.8 Å². The van der Waals surface area contributed by atoms with Crippen LogP contribution in [0.25, 0.3) is 11.4 Å². The minimum Gasteiger partial charge on any atom is -0.354 e. The Morgan fingerprint density at radius 1 is 1.10 bits per heavy atom. The Morgan fingerprint density at radius 3 is 2.58 bits per heavy atom. The molecule has 8 nitrogen and oxygen atoms in total. The minimum atomic E-state index is -3.51. The third-order valence-corrected chi connectivity index (χ3v) is 7.42. The van der Waals surface area contributed by atoms with E-state index in [1.54, 1.807) is 12.3 Å². The van der Waals surface area contributed by atoms with Crippen LogP contribution < -0.4 is 4.90 Å². The molecule has 10 heteroatoms. The minimum absolute atomic E-state index is 0.203. The number of rotatable bonds is 6. The highest BCUT2D eigenvalue weighted by atomic mass is 32.2. The van der Waals surface area contributed by atoms with Crippen molar-refractivity contribution in [2.45, 2.75) is 24.5 Å². The first-order valence-electron chi connectivity index (χ1n) is 10.3. The summed E-state index contributed by atoms with van der Waals surface area (Å²) in [5.41, 5.74) is 1.24. The van der Waals surface area contributed by atoms with Crippen molar-refractivity contribution in [3.8, 4) is 11.4 Å². The molecule has 2 aromatic heterocycles. The quantitative estimate of drug-likeness (QED) is 0.578. The molecule has 0 spiro atoms. The van der Waals surface area contributed by atoms with Crippen LogP contribution in [0.15, 0.2) is 47.1 Å². The first kappa shape index (κ1) is 20.1. The van der Waals surface area contributed by atoms with Crippen LogP contribution in [0.5, 0.6) is 0 Å². The molecular formula is C21H22FN5O3S. The van der Waals surface area contributed by atoms with Gasteiger partial charge in [0.05, 0.1) is 5.75 Å². The molecule has 0 amide bonds. The van der Waals surface area contributed by atoms with E-state index in [0.29, 0.717) is 49.4 Å². The highest BCUT2D eigenvalue weighted by Gasteiger charge is 2.30. The first-order chi connectivity index (χ1) is 15.0. The van der Waals surface area contributed by atoms with Gasteiger partial charge >= 0.3 is 0 Å². The lowest BCUT2D eigenvalue weighted by Crippen LogP contribution is -2.49. The van der Waals surface area contributed by atoms with Crippen molar-refractivity contribution in [2.75, 3.05) is 31.1 Å². The number of benzene rings is 1. The summed E-state index contributed by atoms with van der Waals surface area (Å²) < 4.78 is 45.5. The molecule has 1 saturated carbocycles. The van der Waals surface area contributed by atoms with Crippen molar-refractivity contribution in [1.29, 1.82) is 0 Å². The molecular weight excluding hydrogens is 421 g/mol. The summed E-state index contributed by atoms with van der Waals surface area (Å²) in [6, 6.07) is 9.50. The molecule has 0 unspecified atom stereocenters. The summed E-state index contributed by atoms with van der Waals surface area (Å²) >= 11 is 0. The lowest BCUT2D eigenvalue weighted by atomic mass is 10.2. The number of anilines is 1. The second-order valence-corrected chi connectivity index (χ2v) is 9.88. The zero-order valence-electron chi connectivity index (χ0n) is 16.8. The molecule has 1 saturated heterocycles. The Kier molecular flexibility index (Phi) is 5.19. The highest BCUT2D eigenvalue weighted by Crippen LogP contribution is 2.39. The number of pyridine rings is 1. The Bertz CT molecular complexity index is 1170. The zero-order chi connectivity index (χ0) is 21.4. The maximum atomic E-state index is 13.4. The van der Waals surface area contributed by atoms with Crippen LogP contribution in [0.1, 0.15) is 30.2 Å². The third kappa shape index (κ3) is 4.45. The Labute approximate surface area is 179 Å². The van der Waals surface area contributed by atoms with Crippen LogP contribution in [0, 0.1) is 5.82 Å². The molecule has 3 heterocycles. The van der Waals surface area contributed by atoms with Crippen LogP contribution in [0.2, 0.25) is 0 Å². The fourth-order valence-corrected chi connectivity index (χ4v) is 5.18. The molecule has 1 aromatic carbocycles. The fourth-order valence-electron chi connectivity index (χ4n) is 3.68. The molecule has 0 radical (unpaired) electrons. The van der Waals surface area contributed by atoms with Gasteiger partial charge in [-0.3, -0.25) is 0 Å². The number of piperazine rings is 1. The standard InChI is InChI=1S/C21H22FN5O3S/c22-18-3-1-2-15(12-18)14-31(28,29)27-10-8-26(9-11-27)19-7-6-17(13-23-19)20-24-21(30-25-20)16-4-5-16/h1-3,6-7,12-13,16H,4-5,8-11,14H2. The van der Waals surface area contributed by atoms with Crippen LogP contribution in [-0.4, -0.2) is 54.0 Å².